The van der Waals surface area contributed by atoms with Crippen molar-refractivity contribution < 1.29 is 13.6 Å². The Labute approximate surface area is 96.2 Å². The van der Waals surface area contributed by atoms with Crippen LogP contribution in [0.2, 0.25) is 0 Å². The van der Waals surface area contributed by atoms with Gasteiger partial charge in [-0.3, -0.25) is 4.79 Å². The van der Waals surface area contributed by atoms with Gasteiger partial charge in [-0.05, 0) is 24.3 Å². The molecule has 1 aromatic carbocycles. The third kappa shape index (κ3) is 2.33. The Balaban J connectivity index is 2.56. The molecule has 0 saturated heterocycles. The van der Waals surface area contributed by atoms with E-state index in [0.717, 1.165) is 18.2 Å². The minimum atomic E-state index is -0.598. The monoisotopic (exact) mass is 234 g/mol. The summed E-state index contributed by atoms with van der Waals surface area (Å²) in [6.07, 6.45) is 1.34. The second kappa shape index (κ2) is 4.37. The quantitative estimate of drug-likeness (QED) is 0.750. The number of aromatic nitrogens is 2. The van der Waals surface area contributed by atoms with Gasteiger partial charge < -0.3 is 0 Å². The standard InChI is InChI=1S/C12H8F2N2O/c1-7(17)12-15-5-4-11(16-12)9-6-8(13)2-3-10(9)14/h2-6H,1H3. The van der Waals surface area contributed by atoms with Gasteiger partial charge in [-0.2, -0.15) is 0 Å². The van der Waals surface area contributed by atoms with E-state index in [1.54, 1.807) is 0 Å². The molecule has 3 nitrogen and oxygen atoms in total. The van der Waals surface area contributed by atoms with Crippen LogP contribution in [0.15, 0.2) is 30.5 Å². The van der Waals surface area contributed by atoms with Gasteiger partial charge in [-0.15, -0.1) is 0 Å². The number of halogens is 2. The number of rotatable bonds is 2. The zero-order valence-corrected chi connectivity index (χ0v) is 8.95. The minimum Gasteiger partial charge on any atom is -0.291 e. The molecule has 0 aliphatic carbocycles. The number of ketones is 1. The van der Waals surface area contributed by atoms with E-state index in [-0.39, 0.29) is 22.9 Å². The topological polar surface area (TPSA) is 42.9 Å². The van der Waals surface area contributed by atoms with Gasteiger partial charge in [-0.1, -0.05) is 0 Å². The molecule has 0 fully saturated rings. The minimum absolute atomic E-state index is 0.00917. The molecule has 0 N–H and O–H groups in total. The SMILES string of the molecule is CC(=O)c1nccc(-c2cc(F)ccc2F)n1. The van der Waals surface area contributed by atoms with Crippen molar-refractivity contribution in [1.82, 2.24) is 9.97 Å². The van der Waals surface area contributed by atoms with Gasteiger partial charge in [-0.25, -0.2) is 18.7 Å². The summed E-state index contributed by atoms with van der Waals surface area (Å²) in [6, 6.07) is 4.48. The summed E-state index contributed by atoms with van der Waals surface area (Å²) in [5.74, 6) is -1.51. The van der Waals surface area contributed by atoms with E-state index < -0.39 is 11.6 Å². The molecule has 0 spiro atoms. The Morgan fingerprint density at radius 3 is 2.71 bits per heavy atom. The lowest BCUT2D eigenvalue weighted by Gasteiger charge is -2.03. The first-order valence-electron chi connectivity index (χ1n) is 4.87. The van der Waals surface area contributed by atoms with E-state index in [1.807, 2.05) is 0 Å². The highest BCUT2D eigenvalue weighted by Crippen LogP contribution is 2.21. The second-order valence-corrected chi connectivity index (χ2v) is 3.45. The van der Waals surface area contributed by atoms with Gasteiger partial charge in [0.25, 0.3) is 0 Å². The molecule has 86 valence electrons. The molecule has 17 heavy (non-hydrogen) atoms. The maximum Gasteiger partial charge on any atom is 0.196 e. The van der Waals surface area contributed by atoms with Gasteiger partial charge in [0, 0.05) is 18.7 Å². The summed E-state index contributed by atoms with van der Waals surface area (Å²) in [7, 11) is 0. The average Bonchev–Trinajstić information content (AvgIpc) is 2.32. The molecule has 0 radical (unpaired) electrons. The Morgan fingerprint density at radius 2 is 2.00 bits per heavy atom. The van der Waals surface area contributed by atoms with Crippen molar-refractivity contribution in [2.24, 2.45) is 0 Å². The van der Waals surface area contributed by atoms with Crippen LogP contribution in [0.4, 0.5) is 8.78 Å². The third-order valence-electron chi connectivity index (χ3n) is 2.17. The van der Waals surface area contributed by atoms with Crippen molar-refractivity contribution in [2.75, 3.05) is 0 Å². The van der Waals surface area contributed by atoms with Crippen LogP contribution >= 0.6 is 0 Å². The van der Waals surface area contributed by atoms with Crippen LogP contribution in [-0.2, 0) is 0 Å². The van der Waals surface area contributed by atoms with Crippen LogP contribution in [0, 0.1) is 11.6 Å². The number of hydrogen-bond donors (Lipinski definition) is 0. The number of Topliss-reactive ketones (excluding diaryl/α,β-unsaturated/α-hetero) is 1. The maximum absolute atomic E-state index is 13.5. The van der Waals surface area contributed by atoms with Crippen molar-refractivity contribution in [3.05, 3.63) is 47.9 Å². The zero-order valence-electron chi connectivity index (χ0n) is 8.95. The van der Waals surface area contributed by atoms with Crippen molar-refractivity contribution in [3.63, 3.8) is 0 Å². The summed E-state index contributed by atoms with van der Waals surface area (Å²) in [4.78, 5) is 18.7. The molecule has 0 saturated carbocycles. The predicted octanol–water partition coefficient (Wildman–Crippen LogP) is 2.62. The first-order valence-corrected chi connectivity index (χ1v) is 4.87. The van der Waals surface area contributed by atoms with Crippen molar-refractivity contribution in [1.29, 1.82) is 0 Å². The van der Waals surface area contributed by atoms with E-state index in [1.165, 1.54) is 19.2 Å². The molecule has 0 amide bonds. The molecule has 0 atom stereocenters. The lowest BCUT2D eigenvalue weighted by Crippen LogP contribution is -2.02. The first-order chi connectivity index (χ1) is 8.08. The number of benzene rings is 1. The molecule has 1 aromatic heterocycles. The molecule has 2 aromatic rings. The van der Waals surface area contributed by atoms with E-state index in [2.05, 4.69) is 9.97 Å². The summed E-state index contributed by atoms with van der Waals surface area (Å²) in [6.45, 7) is 1.31. The van der Waals surface area contributed by atoms with Gasteiger partial charge in [0.15, 0.2) is 11.6 Å². The van der Waals surface area contributed by atoms with E-state index in [0.29, 0.717) is 0 Å². The average molecular weight is 234 g/mol. The fourth-order valence-electron chi connectivity index (χ4n) is 1.37. The molecule has 0 unspecified atom stereocenters. The molecule has 0 bridgehead atoms. The first kappa shape index (κ1) is 11.3. The molecule has 5 heteroatoms. The van der Waals surface area contributed by atoms with Crippen LogP contribution in [0.25, 0.3) is 11.3 Å². The maximum atomic E-state index is 13.5. The summed E-state index contributed by atoms with van der Waals surface area (Å²) >= 11 is 0. The molecule has 0 aliphatic rings. The highest BCUT2D eigenvalue weighted by Gasteiger charge is 2.10. The molecular weight excluding hydrogens is 226 g/mol. The number of carbonyl (C=O) groups is 1. The fraction of sp³-hybridized carbons (Fsp3) is 0.0833. The highest BCUT2D eigenvalue weighted by atomic mass is 19.1. The predicted molar refractivity (Wildman–Crippen MR) is 57.4 cm³/mol. The number of nitrogens with zero attached hydrogens (tertiary/aromatic N) is 2. The Morgan fingerprint density at radius 1 is 1.24 bits per heavy atom. The lowest BCUT2D eigenvalue weighted by atomic mass is 10.1. The lowest BCUT2D eigenvalue weighted by molar-refractivity contribution is 0.100. The number of carbonyl (C=O) groups excluding carboxylic acids is 1. The summed E-state index contributed by atoms with van der Waals surface area (Å²) < 4.78 is 26.5. The normalized spacial score (nSPS) is 10.3. The van der Waals surface area contributed by atoms with E-state index in [4.69, 9.17) is 0 Å². The zero-order chi connectivity index (χ0) is 12.4. The van der Waals surface area contributed by atoms with E-state index >= 15 is 0 Å². The molecular formula is C12H8F2N2O. The van der Waals surface area contributed by atoms with Gasteiger partial charge >= 0.3 is 0 Å². The van der Waals surface area contributed by atoms with Gasteiger partial charge in [0.1, 0.15) is 11.6 Å². The summed E-state index contributed by atoms with van der Waals surface area (Å²) in [5.41, 5.74) is 0.192. The van der Waals surface area contributed by atoms with Crippen LogP contribution in [0.5, 0.6) is 0 Å². The van der Waals surface area contributed by atoms with Crippen molar-refractivity contribution >= 4 is 5.78 Å². The molecule has 0 aliphatic heterocycles. The van der Waals surface area contributed by atoms with Gasteiger partial charge in [0.2, 0.25) is 0 Å². The van der Waals surface area contributed by atoms with Crippen LogP contribution in [-0.4, -0.2) is 15.8 Å². The van der Waals surface area contributed by atoms with Crippen LogP contribution in [0.1, 0.15) is 17.5 Å². The largest absolute Gasteiger partial charge is 0.291 e. The summed E-state index contributed by atoms with van der Waals surface area (Å²) in [5, 5.41) is 0. The van der Waals surface area contributed by atoms with Crippen molar-refractivity contribution in [3.8, 4) is 11.3 Å². The van der Waals surface area contributed by atoms with Crippen LogP contribution in [0.3, 0.4) is 0 Å². The van der Waals surface area contributed by atoms with E-state index in [9.17, 15) is 13.6 Å². The molecule has 1 heterocycles. The Bertz CT molecular complexity index is 584. The highest BCUT2D eigenvalue weighted by molar-refractivity contribution is 5.90. The fourth-order valence-corrected chi connectivity index (χ4v) is 1.37. The second-order valence-electron chi connectivity index (χ2n) is 3.45. The molecule has 2 rings (SSSR count). The smallest absolute Gasteiger partial charge is 0.196 e. The number of hydrogen-bond acceptors (Lipinski definition) is 3. The Hall–Kier alpha value is -2.17. The Kier molecular flexibility index (Phi) is 2.91. The van der Waals surface area contributed by atoms with Crippen molar-refractivity contribution in [2.45, 2.75) is 6.92 Å². The third-order valence-corrected chi connectivity index (χ3v) is 2.17. The van der Waals surface area contributed by atoms with Crippen LogP contribution < -0.4 is 0 Å². The van der Waals surface area contributed by atoms with Gasteiger partial charge in [0.05, 0.1) is 5.69 Å².